The average molecular weight is 522 g/mol. The summed E-state index contributed by atoms with van der Waals surface area (Å²) in [4.78, 5) is 42.0. The van der Waals surface area contributed by atoms with Crippen molar-refractivity contribution >= 4 is 23.5 Å². The average Bonchev–Trinajstić information content (AvgIpc) is 2.89. The minimum atomic E-state index is -0.286. The molecule has 2 saturated heterocycles. The molecule has 0 atom stereocenters. The van der Waals surface area contributed by atoms with Gasteiger partial charge in [-0.05, 0) is 75.6 Å². The zero-order valence-corrected chi connectivity index (χ0v) is 22.6. The Kier molecular flexibility index (Phi) is 9.01. The fourth-order valence-electron chi connectivity index (χ4n) is 4.66. The van der Waals surface area contributed by atoms with Gasteiger partial charge in [0.05, 0.1) is 0 Å². The van der Waals surface area contributed by atoms with E-state index < -0.39 is 0 Å². The third kappa shape index (κ3) is 8.03. The predicted molar refractivity (Wildman–Crippen MR) is 147 cm³/mol. The summed E-state index contributed by atoms with van der Waals surface area (Å²) in [6.45, 7) is 10.8. The Morgan fingerprint density at radius 3 is 2.26 bits per heavy atom. The zero-order chi connectivity index (χ0) is 27.1. The summed E-state index contributed by atoms with van der Waals surface area (Å²) in [6, 6.07) is 14.6. The lowest BCUT2D eigenvalue weighted by Crippen LogP contribution is -2.48. The molecule has 204 valence electrons. The van der Waals surface area contributed by atoms with E-state index in [-0.39, 0.29) is 29.4 Å². The molecule has 9 heteroatoms. The van der Waals surface area contributed by atoms with Crippen molar-refractivity contribution in [3.8, 4) is 0 Å². The maximum absolute atomic E-state index is 13.0. The normalized spacial score (nSPS) is 17.1. The van der Waals surface area contributed by atoms with E-state index in [0.29, 0.717) is 43.1 Å². The van der Waals surface area contributed by atoms with Gasteiger partial charge in [0.25, 0.3) is 11.8 Å². The number of amides is 4. The maximum atomic E-state index is 13.0. The molecule has 3 N–H and O–H groups in total. The van der Waals surface area contributed by atoms with Gasteiger partial charge in [-0.15, -0.1) is 0 Å². The van der Waals surface area contributed by atoms with Crippen LogP contribution in [0, 0.1) is 0 Å². The number of nitrogens with one attached hydrogen (secondary N) is 3. The molecule has 4 amide bonds. The fourth-order valence-corrected chi connectivity index (χ4v) is 4.66. The van der Waals surface area contributed by atoms with E-state index in [1.807, 2.05) is 49.9 Å². The van der Waals surface area contributed by atoms with Crippen molar-refractivity contribution < 1.29 is 19.1 Å². The first-order chi connectivity index (χ1) is 18.2. The first-order valence-electron chi connectivity index (χ1n) is 13.3. The quantitative estimate of drug-likeness (QED) is 0.540. The van der Waals surface area contributed by atoms with Crippen molar-refractivity contribution in [2.24, 2.45) is 0 Å². The molecule has 2 heterocycles. The van der Waals surface area contributed by atoms with Crippen molar-refractivity contribution in [1.82, 2.24) is 20.4 Å². The summed E-state index contributed by atoms with van der Waals surface area (Å²) in [6.07, 6.45) is 1.63. The first-order valence-corrected chi connectivity index (χ1v) is 13.3. The smallest absolute Gasteiger partial charge is 0.319 e. The second kappa shape index (κ2) is 12.4. The lowest BCUT2D eigenvalue weighted by atomic mass is 10.1. The van der Waals surface area contributed by atoms with Crippen molar-refractivity contribution in [2.75, 3.05) is 44.7 Å². The summed E-state index contributed by atoms with van der Waals surface area (Å²) in [5.74, 6) is -0.0837. The van der Waals surface area contributed by atoms with Crippen LogP contribution in [0.15, 0.2) is 48.5 Å². The third-order valence-corrected chi connectivity index (χ3v) is 6.69. The molecule has 0 radical (unpaired) electrons. The van der Waals surface area contributed by atoms with Crippen LogP contribution in [0.5, 0.6) is 0 Å². The molecule has 38 heavy (non-hydrogen) atoms. The largest absolute Gasteiger partial charge is 0.381 e. The predicted octanol–water partition coefficient (Wildman–Crippen LogP) is 3.47. The Labute approximate surface area is 224 Å². The highest BCUT2D eigenvalue weighted by molar-refractivity contribution is 5.96. The van der Waals surface area contributed by atoms with Crippen LogP contribution in [0.1, 0.15) is 59.9 Å². The molecule has 0 saturated carbocycles. The number of nitrogens with zero attached hydrogens (tertiary/aromatic N) is 2. The summed E-state index contributed by atoms with van der Waals surface area (Å²) in [5, 5.41) is 8.81. The number of anilines is 1. The van der Waals surface area contributed by atoms with Gasteiger partial charge in [-0.25, -0.2) is 4.79 Å². The Morgan fingerprint density at radius 1 is 0.921 bits per heavy atom. The third-order valence-electron chi connectivity index (χ3n) is 6.69. The van der Waals surface area contributed by atoms with E-state index in [1.165, 1.54) is 0 Å². The maximum Gasteiger partial charge on any atom is 0.319 e. The Balaban J connectivity index is 1.24. The monoisotopic (exact) mass is 521 g/mol. The Hall–Kier alpha value is -3.43. The number of piperazine rings is 1. The van der Waals surface area contributed by atoms with E-state index >= 15 is 0 Å². The lowest BCUT2D eigenvalue weighted by Gasteiger charge is -2.35. The molecule has 2 aliphatic rings. The van der Waals surface area contributed by atoms with Crippen LogP contribution in [-0.4, -0.2) is 78.6 Å². The fraction of sp³-hybridized carbons (Fsp3) is 0.483. The zero-order valence-electron chi connectivity index (χ0n) is 22.6. The highest BCUT2D eigenvalue weighted by Gasteiger charge is 2.23. The number of ether oxygens (including phenoxy) is 1. The second-order valence-electron chi connectivity index (χ2n) is 11.0. The molecule has 0 unspecified atom stereocenters. The minimum absolute atomic E-state index is 0.0105. The van der Waals surface area contributed by atoms with Crippen LogP contribution in [-0.2, 0) is 11.3 Å². The first kappa shape index (κ1) is 27.6. The van der Waals surface area contributed by atoms with Crippen LogP contribution in [0.4, 0.5) is 10.5 Å². The van der Waals surface area contributed by atoms with E-state index in [9.17, 15) is 14.4 Å². The lowest BCUT2D eigenvalue weighted by molar-refractivity contribution is 0.0628. The highest BCUT2D eigenvalue weighted by Crippen LogP contribution is 2.16. The summed E-state index contributed by atoms with van der Waals surface area (Å²) >= 11 is 0. The van der Waals surface area contributed by atoms with Crippen molar-refractivity contribution in [3.05, 3.63) is 65.2 Å². The van der Waals surface area contributed by atoms with Gasteiger partial charge in [-0.3, -0.25) is 14.5 Å². The van der Waals surface area contributed by atoms with E-state index in [1.54, 1.807) is 24.3 Å². The number of benzene rings is 2. The molecule has 2 aliphatic heterocycles. The van der Waals surface area contributed by atoms with E-state index in [0.717, 1.165) is 38.0 Å². The number of hydrogen-bond donors (Lipinski definition) is 3. The number of hydrogen-bond acceptors (Lipinski definition) is 5. The van der Waals surface area contributed by atoms with Crippen LogP contribution < -0.4 is 16.0 Å². The Bertz CT molecular complexity index is 1110. The molecule has 0 aromatic heterocycles. The summed E-state index contributed by atoms with van der Waals surface area (Å²) in [5.41, 5.74) is 2.70. The van der Waals surface area contributed by atoms with Gasteiger partial charge in [0, 0.05) is 74.3 Å². The molecule has 9 nitrogen and oxygen atoms in total. The van der Waals surface area contributed by atoms with Crippen molar-refractivity contribution in [1.29, 1.82) is 0 Å². The van der Waals surface area contributed by atoms with Crippen molar-refractivity contribution in [3.63, 3.8) is 0 Å². The van der Waals surface area contributed by atoms with Gasteiger partial charge in [0.1, 0.15) is 0 Å². The number of rotatable bonds is 6. The number of carbonyl (C=O) groups is 3. The highest BCUT2D eigenvalue weighted by atomic mass is 16.5. The number of carbonyl (C=O) groups excluding carboxylic acids is 3. The van der Waals surface area contributed by atoms with Gasteiger partial charge < -0.3 is 25.6 Å². The molecule has 0 spiro atoms. The summed E-state index contributed by atoms with van der Waals surface area (Å²) in [7, 11) is 0. The molecule has 2 aromatic carbocycles. The SMILES string of the molecule is CC(C)(C)NC(=O)c1cccc(CN2CCN(C(=O)c3ccc(NC(=O)NC4CCOCC4)cc3)CC2)c1. The van der Waals surface area contributed by atoms with Gasteiger partial charge >= 0.3 is 6.03 Å². The molecular weight excluding hydrogens is 482 g/mol. The molecule has 0 aliphatic carbocycles. The summed E-state index contributed by atoms with van der Waals surface area (Å²) < 4.78 is 5.32. The van der Waals surface area contributed by atoms with Crippen LogP contribution in [0.3, 0.4) is 0 Å². The molecular formula is C29H39N5O4. The molecule has 2 aromatic rings. The van der Waals surface area contributed by atoms with Gasteiger partial charge in [-0.2, -0.15) is 0 Å². The minimum Gasteiger partial charge on any atom is -0.381 e. The Morgan fingerprint density at radius 2 is 1.61 bits per heavy atom. The topological polar surface area (TPSA) is 103 Å². The molecule has 2 fully saturated rings. The standard InChI is InChI=1S/C29H39N5O4/c1-29(2,3)32-26(35)23-6-4-5-21(19-23)20-33-13-15-34(16-14-33)27(36)22-7-9-24(10-8-22)30-28(37)31-25-11-17-38-18-12-25/h4-10,19,25H,11-18,20H2,1-3H3,(H,32,35)(H2,30,31,37). The number of urea groups is 1. The second-order valence-corrected chi connectivity index (χ2v) is 11.0. The van der Waals surface area contributed by atoms with Crippen LogP contribution in [0.2, 0.25) is 0 Å². The molecule has 4 rings (SSSR count). The van der Waals surface area contributed by atoms with Crippen LogP contribution >= 0.6 is 0 Å². The van der Waals surface area contributed by atoms with E-state index in [2.05, 4.69) is 20.9 Å². The van der Waals surface area contributed by atoms with Crippen molar-refractivity contribution in [2.45, 2.75) is 51.7 Å². The van der Waals surface area contributed by atoms with E-state index in [4.69, 9.17) is 4.74 Å². The van der Waals surface area contributed by atoms with Gasteiger partial charge in [0.2, 0.25) is 0 Å². The van der Waals surface area contributed by atoms with Crippen LogP contribution in [0.25, 0.3) is 0 Å². The van der Waals surface area contributed by atoms with Gasteiger partial charge in [-0.1, -0.05) is 12.1 Å². The van der Waals surface area contributed by atoms with Gasteiger partial charge in [0.15, 0.2) is 0 Å². The molecule has 0 bridgehead atoms.